The van der Waals surface area contributed by atoms with Crippen LogP contribution in [0.1, 0.15) is 10.5 Å². The zero-order chi connectivity index (χ0) is 18.6. The first kappa shape index (κ1) is 19.0. The van der Waals surface area contributed by atoms with Crippen molar-refractivity contribution in [3.05, 3.63) is 41.4 Å². The predicted molar refractivity (Wildman–Crippen MR) is 103 cm³/mol. The maximum Gasteiger partial charge on any atom is 0.270 e. The van der Waals surface area contributed by atoms with Crippen molar-refractivity contribution in [1.82, 2.24) is 19.5 Å². The van der Waals surface area contributed by atoms with E-state index in [1.54, 1.807) is 5.38 Å². The van der Waals surface area contributed by atoms with E-state index in [1.807, 2.05) is 30.3 Å². The number of amides is 1. The molecular formula is C17H22N4O3S2. The average Bonchev–Trinajstić information content (AvgIpc) is 3.12. The molecule has 0 atom stereocenters. The molecule has 9 heteroatoms. The van der Waals surface area contributed by atoms with Gasteiger partial charge in [0.15, 0.2) is 0 Å². The number of sulfonamides is 1. The molecule has 1 aromatic carbocycles. The van der Waals surface area contributed by atoms with Crippen LogP contribution >= 0.6 is 11.3 Å². The zero-order valence-corrected chi connectivity index (χ0v) is 16.2. The first-order chi connectivity index (χ1) is 12.4. The van der Waals surface area contributed by atoms with Gasteiger partial charge in [-0.15, -0.1) is 11.3 Å². The number of carbonyl (C=O) groups excluding carboxylic acids is 1. The van der Waals surface area contributed by atoms with Gasteiger partial charge in [-0.1, -0.05) is 30.3 Å². The van der Waals surface area contributed by atoms with Gasteiger partial charge in [0, 0.05) is 50.2 Å². The van der Waals surface area contributed by atoms with E-state index in [-0.39, 0.29) is 5.91 Å². The molecule has 1 aliphatic rings. The zero-order valence-electron chi connectivity index (χ0n) is 14.6. The Kier molecular flexibility index (Phi) is 6.02. The van der Waals surface area contributed by atoms with Crippen LogP contribution in [0.25, 0.3) is 10.6 Å². The van der Waals surface area contributed by atoms with Crippen LogP contribution in [-0.2, 0) is 10.0 Å². The molecule has 140 valence electrons. The van der Waals surface area contributed by atoms with Gasteiger partial charge in [0.25, 0.3) is 5.91 Å². The Hall–Kier alpha value is -1.81. The highest BCUT2D eigenvalue weighted by atomic mass is 32.2. The topological polar surface area (TPSA) is 82.6 Å². The Morgan fingerprint density at radius 3 is 2.54 bits per heavy atom. The van der Waals surface area contributed by atoms with Gasteiger partial charge in [-0.2, -0.15) is 4.31 Å². The molecular weight excluding hydrogens is 372 g/mol. The third-order valence-corrected chi connectivity index (χ3v) is 6.47. The van der Waals surface area contributed by atoms with Gasteiger partial charge in [0.1, 0.15) is 10.7 Å². The van der Waals surface area contributed by atoms with Gasteiger partial charge < -0.3 is 5.32 Å². The molecule has 1 N–H and O–H groups in total. The lowest BCUT2D eigenvalue weighted by molar-refractivity contribution is 0.0941. The minimum atomic E-state index is -3.11. The van der Waals surface area contributed by atoms with E-state index in [1.165, 1.54) is 21.9 Å². The number of hydrogen-bond donors (Lipinski definition) is 1. The van der Waals surface area contributed by atoms with Gasteiger partial charge in [0.2, 0.25) is 10.0 Å². The van der Waals surface area contributed by atoms with E-state index < -0.39 is 10.0 Å². The van der Waals surface area contributed by atoms with Gasteiger partial charge in [-0.25, -0.2) is 13.4 Å². The largest absolute Gasteiger partial charge is 0.349 e. The number of nitrogens with one attached hydrogen (secondary N) is 1. The summed E-state index contributed by atoms with van der Waals surface area (Å²) < 4.78 is 24.5. The first-order valence-corrected chi connectivity index (χ1v) is 11.1. The molecule has 1 fully saturated rings. The van der Waals surface area contributed by atoms with Crippen LogP contribution in [0.4, 0.5) is 0 Å². The van der Waals surface area contributed by atoms with Crippen LogP contribution in [0.2, 0.25) is 0 Å². The van der Waals surface area contributed by atoms with E-state index in [9.17, 15) is 13.2 Å². The number of aromatic nitrogens is 1. The van der Waals surface area contributed by atoms with Crippen molar-refractivity contribution < 1.29 is 13.2 Å². The molecule has 1 amide bonds. The summed E-state index contributed by atoms with van der Waals surface area (Å²) in [4.78, 5) is 18.8. The lowest BCUT2D eigenvalue weighted by atomic mass is 10.2. The van der Waals surface area contributed by atoms with E-state index in [4.69, 9.17) is 0 Å². The minimum absolute atomic E-state index is 0.182. The van der Waals surface area contributed by atoms with Crippen molar-refractivity contribution in [2.24, 2.45) is 0 Å². The summed E-state index contributed by atoms with van der Waals surface area (Å²) in [5.74, 6) is -0.182. The highest BCUT2D eigenvalue weighted by molar-refractivity contribution is 7.88. The van der Waals surface area contributed by atoms with Crippen molar-refractivity contribution in [2.75, 3.05) is 45.5 Å². The summed E-state index contributed by atoms with van der Waals surface area (Å²) in [5.41, 5.74) is 1.43. The van der Waals surface area contributed by atoms with Gasteiger partial charge in [0.05, 0.1) is 6.26 Å². The molecule has 0 bridgehead atoms. The van der Waals surface area contributed by atoms with Crippen molar-refractivity contribution in [3.8, 4) is 10.6 Å². The Balaban J connectivity index is 1.45. The fraction of sp³-hybridized carbons (Fsp3) is 0.412. The molecule has 1 aromatic heterocycles. The molecule has 26 heavy (non-hydrogen) atoms. The monoisotopic (exact) mass is 394 g/mol. The molecule has 2 heterocycles. The molecule has 7 nitrogen and oxygen atoms in total. The van der Waals surface area contributed by atoms with Gasteiger partial charge in [-0.3, -0.25) is 9.69 Å². The SMILES string of the molecule is CS(=O)(=O)N1CCN(CCNC(=O)c2csc(-c3ccccc3)n2)CC1. The average molecular weight is 395 g/mol. The summed E-state index contributed by atoms with van der Waals surface area (Å²) in [6.07, 6.45) is 1.24. The molecule has 1 saturated heterocycles. The van der Waals surface area contributed by atoms with Gasteiger partial charge >= 0.3 is 0 Å². The lowest BCUT2D eigenvalue weighted by Crippen LogP contribution is -2.49. The van der Waals surface area contributed by atoms with Crippen LogP contribution in [0.15, 0.2) is 35.7 Å². The number of benzene rings is 1. The van der Waals surface area contributed by atoms with Gasteiger partial charge in [-0.05, 0) is 0 Å². The molecule has 2 aromatic rings. The summed E-state index contributed by atoms with van der Waals surface area (Å²) in [6, 6.07) is 9.77. The van der Waals surface area contributed by atoms with E-state index >= 15 is 0 Å². The Bertz CT molecular complexity index is 844. The van der Waals surface area contributed by atoms with Crippen LogP contribution in [0.5, 0.6) is 0 Å². The van der Waals surface area contributed by atoms with Crippen molar-refractivity contribution in [2.45, 2.75) is 0 Å². The second-order valence-electron chi connectivity index (χ2n) is 6.16. The summed E-state index contributed by atoms with van der Waals surface area (Å²) in [6.45, 7) is 3.56. The van der Waals surface area contributed by atoms with E-state index in [0.29, 0.717) is 45.0 Å². The van der Waals surface area contributed by atoms with Crippen LogP contribution in [0, 0.1) is 0 Å². The van der Waals surface area contributed by atoms with Crippen molar-refractivity contribution in [3.63, 3.8) is 0 Å². The number of nitrogens with zero attached hydrogens (tertiary/aromatic N) is 3. The molecule has 0 unspecified atom stereocenters. The summed E-state index contributed by atoms with van der Waals surface area (Å²) in [7, 11) is -3.11. The highest BCUT2D eigenvalue weighted by Gasteiger charge is 2.23. The Morgan fingerprint density at radius 2 is 1.88 bits per heavy atom. The quantitative estimate of drug-likeness (QED) is 0.794. The molecule has 1 aliphatic heterocycles. The van der Waals surface area contributed by atoms with Crippen LogP contribution in [0.3, 0.4) is 0 Å². The third-order valence-electron chi connectivity index (χ3n) is 4.27. The number of hydrogen-bond acceptors (Lipinski definition) is 6. The number of piperazine rings is 1. The normalized spacial score (nSPS) is 16.5. The molecule has 0 saturated carbocycles. The fourth-order valence-corrected chi connectivity index (χ4v) is 4.43. The lowest BCUT2D eigenvalue weighted by Gasteiger charge is -2.33. The van der Waals surface area contributed by atoms with E-state index in [0.717, 1.165) is 10.6 Å². The minimum Gasteiger partial charge on any atom is -0.349 e. The fourth-order valence-electron chi connectivity index (χ4n) is 2.79. The maximum absolute atomic E-state index is 12.2. The predicted octanol–water partition coefficient (Wildman–Crippen LogP) is 1.12. The highest BCUT2D eigenvalue weighted by Crippen LogP contribution is 2.23. The molecule has 0 spiro atoms. The summed E-state index contributed by atoms with van der Waals surface area (Å²) in [5, 5.41) is 5.48. The van der Waals surface area contributed by atoms with Crippen molar-refractivity contribution in [1.29, 1.82) is 0 Å². The number of carbonyl (C=O) groups is 1. The second kappa shape index (κ2) is 8.26. The number of rotatable bonds is 6. The van der Waals surface area contributed by atoms with Crippen LogP contribution < -0.4 is 5.32 Å². The molecule has 3 rings (SSSR count). The van der Waals surface area contributed by atoms with Crippen molar-refractivity contribution >= 4 is 27.3 Å². The van der Waals surface area contributed by atoms with E-state index in [2.05, 4.69) is 15.2 Å². The smallest absolute Gasteiger partial charge is 0.270 e. The Morgan fingerprint density at radius 1 is 1.19 bits per heavy atom. The number of thiazole rings is 1. The summed E-state index contributed by atoms with van der Waals surface area (Å²) >= 11 is 1.45. The standard InChI is InChI=1S/C17H22N4O3S2/c1-26(23,24)21-11-9-20(10-12-21)8-7-18-16(22)15-13-25-17(19-15)14-5-3-2-4-6-14/h2-6,13H,7-12H2,1H3,(H,18,22). The first-order valence-electron chi connectivity index (χ1n) is 8.40. The third kappa shape index (κ3) is 4.88. The molecule has 0 aliphatic carbocycles. The molecule has 0 radical (unpaired) electrons. The second-order valence-corrected chi connectivity index (χ2v) is 9.00. The van der Waals surface area contributed by atoms with Crippen LogP contribution in [-0.4, -0.2) is 74.0 Å². The Labute approximate surface area is 157 Å². The maximum atomic E-state index is 12.2.